The van der Waals surface area contributed by atoms with Gasteiger partial charge in [0.1, 0.15) is 0 Å². The molecule has 1 heterocycles. The van der Waals surface area contributed by atoms with Crippen LogP contribution in [-0.2, 0) is 10.0 Å². The zero-order valence-corrected chi connectivity index (χ0v) is 12.9. The molecule has 1 aliphatic heterocycles. The summed E-state index contributed by atoms with van der Waals surface area (Å²) >= 11 is 0. The maximum Gasteiger partial charge on any atom is 0.289 e. The van der Waals surface area contributed by atoms with Gasteiger partial charge in [-0.3, -0.25) is 10.1 Å². The summed E-state index contributed by atoms with van der Waals surface area (Å²) < 4.78 is 26.8. The Kier molecular flexibility index (Phi) is 4.31. The minimum absolute atomic E-state index is 0.220. The smallest absolute Gasteiger partial charge is 0.289 e. The second kappa shape index (κ2) is 5.70. The number of aryl methyl sites for hydroxylation is 2. The molecule has 2 rings (SSSR count). The molecule has 1 aliphatic rings. The number of nitrogens with zero attached hydrogens (tertiary/aromatic N) is 2. The quantitative estimate of drug-likeness (QED) is 0.666. The van der Waals surface area contributed by atoms with Crippen LogP contribution in [-0.4, -0.2) is 36.8 Å². The van der Waals surface area contributed by atoms with Gasteiger partial charge in [0.05, 0.1) is 4.92 Å². The van der Waals surface area contributed by atoms with E-state index in [-0.39, 0.29) is 23.2 Å². The number of benzene rings is 1. The SMILES string of the molecule is Cc1cc([N+](=O)[O-])c(S(=O)(=O)N2CCCC2CN)cc1C. The summed E-state index contributed by atoms with van der Waals surface area (Å²) in [4.78, 5) is 10.3. The highest BCUT2D eigenvalue weighted by Gasteiger charge is 2.38. The van der Waals surface area contributed by atoms with E-state index < -0.39 is 14.9 Å². The molecule has 1 atom stereocenters. The summed E-state index contributed by atoms with van der Waals surface area (Å²) in [5, 5.41) is 11.2. The van der Waals surface area contributed by atoms with Crippen molar-refractivity contribution in [3.05, 3.63) is 33.4 Å². The number of nitro benzene ring substituents is 1. The van der Waals surface area contributed by atoms with Crippen LogP contribution in [0, 0.1) is 24.0 Å². The van der Waals surface area contributed by atoms with E-state index >= 15 is 0 Å². The summed E-state index contributed by atoms with van der Waals surface area (Å²) in [5.41, 5.74) is 6.64. The van der Waals surface area contributed by atoms with Crippen molar-refractivity contribution in [2.75, 3.05) is 13.1 Å². The van der Waals surface area contributed by atoms with Crippen molar-refractivity contribution in [3.63, 3.8) is 0 Å². The molecule has 0 saturated carbocycles. The van der Waals surface area contributed by atoms with Gasteiger partial charge in [0.15, 0.2) is 4.90 Å². The van der Waals surface area contributed by atoms with Gasteiger partial charge in [-0.2, -0.15) is 4.31 Å². The maximum absolute atomic E-state index is 12.8. The molecular weight excluding hydrogens is 294 g/mol. The first-order valence-corrected chi connectivity index (χ1v) is 8.20. The fourth-order valence-electron chi connectivity index (χ4n) is 2.61. The molecule has 2 N–H and O–H groups in total. The average molecular weight is 313 g/mol. The van der Waals surface area contributed by atoms with Crippen molar-refractivity contribution >= 4 is 15.7 Å². The highest BCUT2D eigenvalue weighted by molar-refractivity contribution is 7.89. The summed E-state index contributed by atoms with van der Waals surface area (Å²) in [7, 11) is -3.90. The van der Waals surface area contributed by atoms with E-state index in [1.807, 2.05) is 0 Å². The molecule has 7 nitrogen and oxygen atoms in total. The van der Waals surface area contributed by atoms with Gasteiger partial charge in [-0.1, -0.05) is 0 Å². The van der Waals surface area contributed by atoms with Gasteiger partial charge in [0.2, 0.25) is 10.0 Å². The molecule has 0 spiro atoms. The van der Waals surface area contributed by atoms with Gasteiger partial charge in [-0.15, -0.1) is 0 Å². The zero-order valence-electron chi connectivity index (χ0n) is 12.1. The van der Waals surface area contributed by atoms with Gasteiger partial charge in [-0.05, 0) is 43.9 Å². The van der Waals surface area contributed by atoms with Gasteiger partial charge >= 0.3 is 0 Å². The molecule has 1 unspecified atom stereocenters. The molecular formula is C13H19N3O4S. The van der Waals surface area contributed by atoms with E-state index in [0.717, 1.165) is 6.42 Å². The van der Waals surface area contributed by atoms with E-state index in [1.165, 1.54) is 16.4 Å². The van der Waals surface area contributed by atoms with Gasteiger partial charge < -0.3 is 5.73 Å². The Hall–Kier alpha value is -1.51. The number of hydrogen-bond acceptors (Lipinski definition) is 5. The summed E-state index contributed by atoms with van der Waals surface area (Å²) in [6.07, 6.45) is 1.41. The van der Waals surface area contributed by atoms with Gasteiger partial charge in [-0.25, -0.2) is 8.42 Å². The third-order valence-corrected chi connectivity index (χ3v) is 5.93. The molecule has 116 valence electrons. The van der Waals surface area contributed by atoms with E-state index in [9.17, 15) is 18.5 Å². The second-order valence-electron chi connectivity index (χ2n) is 5.31. The van der Waals surface area contributed by atoms with Crippen LogP contribution in [0.4, 0.5) is 5.69 Å². The van der Waals surface area contributed by atoms with Crippen LogP contribution >= 0.6 is 0 Å². The number of rotatable bonds is 4. The van der Waals surface area contributed by atoms with Crippen LogP contribution in [0.5, 0.6) is 0 Å². The minimum Gasteiger partial charge on any atom is -0.329 e. The van der Waals surface area contributed by atoms with Crippen molar-refractivity contribution in [2.24, 2.45) is 5.73 Å². The van der Waals surface area contributed by atoms with Crippen LogP contribution in [0.1, 0.15) is 24.0 Å². The summed E-state index contributed by atoms with van der Waals surface area (Å²) in [6.45, 7) is 4.03. The Morgan fingerprint density at radius 3 is 2.57 bits per heavy atom. The van der Waals surface area contributed by atoms with Gasteiger partial charge in [0.25, 0.3) is 5.69 Å². The Labute approximate surface area is 123 Å². The lowest BCUT2D eigenvalue weighted by atomic mass is 10.1. The Morgan fingerprint density at radius 2 is 2.00 bits per heavy atom. The predicted octanol–water partition coefficient (Wildman–Crippen LogP) is 1.32. The highest BCUT2D eigenvalue weighted by Crippen LogP contribution is 2.33. The number of nitrogens with two attached hydrogens (primary N) is 1. The molecule has 0 radical (unpaired) electrons. The van der Waals surface area contributed by atoms with Crippen LogP contribution in [0.3, 0.4) is 0 Å². The molecule has 1 saturated heterocycles. The standard InChI is InChI=1S/C13H19N3O4S/c1-9-6-12(16(17)18)13(7-10(9)2)21(19,20)15-5-3-4-11(15)8-14/h6-7,11H,3-5,8,14H2,1-2H3. The lowest BCUT2D eigenvalue weighted by Crippen LogP contribution is -2.40. The van der Waals surface area contributed by atoms with Crippen LogP contribution < -0.4 is 5.73 Å². The molecule has 8 heteroatoms. The first-order valence-electron chi connectivity index (χ1n) is 6.76. The number of hydrogen-bond donors (Lipinski definition) is 1. The average Bonchev–Trinajstić information content (AvgIpc) is 2.90. The van der Waals surface area contributed by atoms with Crippen molar-refractivity contribution < 1.29 is 13.3 Å². The number of sulfonamides is 1. The highest BCUT2D eigenvalue weighted by atomic mass is 32.2. The zero-order chi connectivity index (χ0) is 15.8. The molecule has 1 aromatic rings. The van der Waals surface area contributed by atoms with E-state index in [4.69, 9.17) is 5.73 Å². The maximum atomic E-state index is 12.8. The lowest BCUT2D eigenvalue weighted by Gasteiger charge is -2.23. The Balaban J connectivity index is 2.59. The molecule has 1 aromatic carbocycles. The molecule has 1 fully saturated rings. The van der Waals surface area contributed by atoms with Crippen molar-refractivity contribution in [2.45, 2.75) is 37.6 Å². The molecule has 0 aromatic heterocycles. The predicted molar refractivity (Wildman–Crippen MR) is 78.5 cm³/mol. The van der Waals surface area contributed by atoms with Crippen LogP contribution in [0.15, 0.2) is 17.0 Å². The van der Waals surface area contributed by atoms with Crippen LogP contribution in [0.2, 0.25) is 0 Å². The van der Waals surface area contributed by atoms with E-state index in [0.29, 0.717) is 24.1 Å². The first-order chi connectivity index (χ1) is 9.78. The van der Waals surface area contributed by atoms with E-state index in [2.05, 4.69) is 0 Å². The van der Waals surface area contributed by atoms with Gasteiger partial charge in [0, 0.05) is 25.2 Å². The molecule has 0 aliphatic carbocycles. The first kappa shape index (κ1) is 15.9. The van der Waals surface area contributed by atoms with Crippen LogP contribution in [0.25, 0.3) is 0 Å². The van der Waals surface area contributed by atoms with Crippen molar-refractivity contribution in [1.82, 2.24) is 4.31 Å². The monoisotopic (exact) mass is 313 g/mol. The Morgan fingerprint density at radius 1 is 1.38 bits per heavy atom. The van der Waals surface area contributed by atoms with Crippen molar-refractivity contribution in [1.29, 1.82) is 0 Å². The van der Waals surface area contributed by atoms with E-state index in [1.54, 1.807) is 13.8 Å². The fourth-order valence-corrected chi connectivity index (χ4v) is 4.54. The minimum atomic E-state index is -3.90. The summed E-state index contributed by atoms with van der Waals surface area (Å²) in [6, 6.07) is 2.42. The largest absolute Gasteiger partial charge is 0.329 e. The third kappa shape index (κ3) is 2.78. The molecule has 0 bridgehead atoms. The third-order valence-electron chi connectivity index (χ3n) is 3.95. The second-order valence-corrected chi connectivity index (χ2v) is 7.17. The topological polar surface area (TPSA) is 107 Å². The fraction of sp³-hybridized carbons (Fsp3) is 0.538. The normalized spacial score (nSPS) is 19.9. The van der Waals surface area contributed by atoms with Crippen molar-refractivity contribution in [3.8, 4) is 0 Å². The molecule has 21 heavy (non-hydrogen) atoms. The number of nitro groups is 1. The lowest BCUT2D eigenvalue weighted by molar-refractivity contribution is -0.387. The summed E-state index contributed by atoms with van der Waals surface area (Å²) in [5.74, 6) is 0. The Bertz CT molecular complexity index is 672. The molecule has 0 amide bonds.